The van der Waals surface area contributed by atoms with Crippen molar-refractivity contribution in [2.24, 2.45) is 0 Å². The minimum Gasteiger partial charge on any atom is -0.322 e. The maximum absolute atomic E-state index is 13.9. The zero-order valence-electron chi connectivity index (χ0n) is 13.4. The molecular formula is C19H13FN2O3S. The summed E-state index contributed by atoms with van der Waals surface area (Å²) in [7, 11) is 0. The molecule has 0 heterocycles. The van der Waals surface area contributed by atoms with Crippen LogP contribution in [-0.2, 0) is 0 Å². The first-order valence-electron chi connectivity index (χ1n) is 7.62. The number of anilines is 1. The number of nitrogens with zero attached hydrogens (tertiary/aromatic N) is 1. The summed E-state index contributed by atoms with van der Waals surface area (Å²) in [4.78, 5) is 23.9. The normalized spacial score (nSPS) is 10.3. The minimum absolute atomic E-state index is 0.108. The molecule has 0 atom stereocenters. The first-order chi connectivity index (χ1) is 12.5. The van der Waals surface area contributed by atoms with E-state index >= 15 is 0 Å². The fourth-order valence-electron chi connectivity index (χ4n) is 2.26. The predicted molar refractivity (Wildman–Crippen MR) is 98.0 cm³/mol. The van der Waals surface area contributed by atoms with Crippen molar-refractivity contribution < 1.29 is 14.1 Å². The van der Waals surface area contributed by atoms with E-state index in [9.17, 15) is 19.3 Å². The third-order valence-electron chi connectivity index (χ3n) is 3.51. The molecule has 3 aromatic rings. The fraction of sp³-hybridized carbons (Fsp3) is 0. The SMILES string of the molecule is O=C(Nc1ccccc1)c1cc([N+](=O)[O-])ccc1Sc1ccccc1F. The van der Waals surface area contributed by atoms with E-state index in [2.05, 4.69) is 5.32 Å². The summed E-state index contributed by atoms with van der Waals surface area (Å²) in [5.74, 6) is -0.927. The Kier molecular flexibility index (Phi) is 5.28. The zero-order chi connectivity index (χ0) is 18.5. The van der Waals surface area contributed by atoms with E-state index in [-0.39, 0.29) is 11.3 Å². The molecule has 5 nitrogen and oxygen atoms in total. The van der Waals surface area contributed by atoms with E-state index in [1.165, 1.54) is 24.3 Å². The van der Waals surface area contributed by atoms with Crippen molar-refractivity contribution in [3.8, 4) is 0 Å². The Morgan fingerprint density at radius 1 is 0.962 bits per heavy atom. The summed E-state index contributed by atoms with van der Waals surface area (Å²) in [5.41, 5.74) is 0.461. The molecule has 0 aromatic heterocycles. The van der Waals surface area contributed by atoms with Crippen LogP contribution < -0.4 is 5.32 Å². The van der Waals surface area contributed by atoms with Crippen LogP contribution in [0.1, 0.15) is 10.4 Å². The molecule has 1 N–H and O–H groups in total. The molecule has 26 heavy (non-hydrogen) atoms. The topological polar surface area (TPSA) is 72.2 Å². The van der Waals surface area contributed by atoms with Crippen molar-refractivity contribution >= 4 is 29.0 Å². The summed E-state index contributed by atoms with van der Waals surface area (Å²) in [5, 5.41) is 13.8. The van der Waals surface area contributed by atoms with Gasteiger partial charge in [-0.2, -0.15) is 0 Å². The first-order valence-corrected chi connectivity index (χ1v) is 8.43. The molecule has 0 aliphatic heterocycles. The summed E-state index contributed by atoms with van der Waals surface area (Å²) >= 11 is 1.04. The van der Waals surface area contributed by atoms with Gasteiger partial charge in [0.25, 0.3) is 11.6 Å². The van der Waals surface area contributed by atoms with Gasteiger partial charge in [0.1, 0.15) is 5.82 Å². The Bertz CT molecular complexity index is 964. The van der Waals surface area contributed by atoms with Gasteiger partial charge in [0.05, 0.1) is 10.5 Å². The number of hydrogen-bond acceptors (Lipinski definition) is 4. The number of carbonyl (C=O) groups excluding carboxylic acids is 1. The lowest BCUT2D eigenvalue weighted by molar-refractivity contribution is -0.384. The Morgan fingerprint density at radius 3 is 2.35 bits per heavy atom. The maximum atomic E-state index is 13.9. The smallest absolute Gasteiger partial charge is 0.270 e. The molecule has 0 unspecified atom stereocenters. The Balaban J connectivity index is 1.97. The largest absolute Gasteiger partial charge is 0.322 e. The second-order valence-electron chi connectivity index (χ2n) is 5.29. The highest BCUT2D eigenvalue weighted by atomic mass is 32.2. The molecule has 0 bridgehead atoms. The molecule has 0 fully saturated rings. The van der Waals surface area contributed by atoms with Gasteiger partial charge in [0, 0.05) is 27.6 Å². The van der Waals surface area contributed by atoms with Gasteiger partial charge >= 0.3 is 0 Å². The highest BCUT2D eigenvalue weighted by molar-refractivity contribution is 7.99. The lowest BCUT2D eigenvalue weighted by Gasteiger charge is -2.10. The van der Waals surface area contributed by atoms with Crippen LogP contribution in [0.2, 0.25) is 0 Å². The number of non-ortho nitro benzene ring substituents is 1. The fourth-order valence-corrected chi connectivity index (χ4v) is 3.21. The predicted octanol–water partition coefficient (Wildman–Crippen LogP) is 5.14. The number of nitrogens with one attached hydrogen (secondary N) is 1. The lowest BCUT2D eigenvalue weighted by atomic mass is 10.2. The van der Waals surface area contributed by atoms with Gasteiger partial charge in [-0.25, -0.2) is 4.39 Å². The second kappa shape index (κ2) is 7.79. The zero-order valence-corrected chi connectivity index (χ0v) is 14.2. The molecule has 0 aliphatic rings. The molecular weight excluding hydrogens is 355 g/mol. The third-order valence-corrected chi connectivity index (χ3v) is 4.63. The third kappa shape index (κ3) is 4.07. The van der Waals surface area contributed by atoms with Gasteiger partial charge < -0.3 is 5.32 Å². The number of nitro groups is 1. The first kappa shape index (κ1) is 17.6. The number of amides is 1. The molecule has 3 rings (SSSR count). The van der Waals surface area contributed by atoms with Gasteiger partial charge in [-0.3, -0.25) is 14.9 Å². The Labute approximate surface area is 153 Å². The Morgan fingerprint density at radius 2 is 1.65 bits per heavy atom. The minimum atomic E-state index is -0.573. The van der Waals surface area contributed by atoms with Crippen molar-refractivity contribution in [2.75, 3.05) is 5.32 Å². The van der Waals surface area contributed by atoms with E-state index in [0.29, 0.717) is 15.5 Å². The number of nitro benzene ring substituents is 1. The van der Waals surface area contributed by atoms with Gasteiger partial charge in [-0.05, 0) is 30.3 Å². The standard InChI is InChI=1S/C19H13FN2O3S/c20-16-8-4-5-9-18(16)26-17-11-10-14(22(24)25)12-15(17)19(23)21-13-6-2-1-3-7-13/h1-12H,(H,21,23). The quantitative estimate of drug-likeness (QED) is 0.500. The van der Waals surface area contributed by atoms with Crippen LogP contribution in [0.5, 0.6) is 0 Å². The molecule has 0 saturated heterocycles. The van der Waals surface area contributed by atoms with Crippen molar-refractivity contribution in [3.63, 3.8) is 0 Å². The maximum Gasteiger partial charge on any atom is 0.270 e. The van der Waals surface area contributed by atoms with Crippen LogP contribution in [0, 0.1) is 15.9 Å². The van der Waals surface area contributed by atoms with E-state index in [4.69, 9.17) is 0 Å². The molecule has 130 valence electrons. The summed E-state index contributed by atoms with van der Waals surface area (Å²) in [6, 6.07) is 18.8. The number of hydrogen-bond donors (Lipinski definition) is 1. The van der Waals surface area contributed by atoms with Crippen LogP contribution in [0.25, 0.3) is 0 Å². The van der Waals surface area contributed by atoms with Crippen LogP contribution in [0.4, 0.5) is 15.8 Å². The molecule has 3 aromatic carbocycles. The Hall–Kier alpha value is -3.19. The molecule has 0 aliphatic carbocycles. The van der Waals surface area contributed by atoms with E-state index in [0.717, 1.165) is 11.8 Å². The summed E-state index contributed by atoms with van der Waals surface area (Å²) in [6.45, 7) is 0. The molecule has 0 spiro atoms. The molecule has 1 amide bonds. The van der Waals surface area contributed by atoms with Gasteiger partial charge in [-0.1, -0.05) is 42.1 Å². The van der Waals surface area contributed by atoms with Crippen LogP contribution in [0.3, 0.4) is 0 Å². The van der Waals surface area contributed by atoms with Crippen LogP contribution >= 0.6 is 11.8 Å². The molecule has 0 radical (unpaired) electrons. The summed E-state index contributed by atoms with van der Waals surface area (Å²) < 4.78 is 13.9. The van der Waals surface area contributed by atoms with E-state index in [1.54, 1.807) is 42.5 Å². The van der Waals surface area contributed by atoms with Gasteiger partial charge in [0.15, 0.2) is 0 Å². The monoisotopic (exact) mass is 368 g/mol. The van der Waals surface area contributed by atoms with E-state index < -0.39 is 16.6 Å². The van der Waals surface area contributed by atoms with Gasteiger partial charge in [0.2, 0.25) is 0 Å². The number of para-hydroxylation sites is 1. The van der Waals surface area contributed by atoms with Crippen molar-refractivity contribution in [3.05, 3.63) is 94.3 Å². The second-order valence-corrected chi connectivity index (χ2v) is 6.37. The highest BCUT2D eigenvalue weighted by Gasteiger charge is 2.18. The highest BCUT2D eigenvalue weighted by Crippen LogP contribution is 2.34. The van der Waals surface area contributed by atoms with Crippen molar-refractivity contribution in [2.45, 2.75) is 9.79 Å². The lowest BCUT2D eigenvalue weighted by Crippen LogP contribution is -2.13. The number of benzene rings is 3. The van der Waals surface area contributed by atoms with Crippen molar-refractivity contribution in [1.82, 2.24) is 0 Å². The van der Waals surface area contributed by atoms with Gasteiger partial charge in [-0.15, -0.1) is 0 Å². The number of halogens is 1. The average molecular weight is 368 g/mol. The molecule has 7 heteroatoms. The van der Waals surface area contributed by atoms with E-state index in [1.807, 2.05) is 6.07 Å². The van der Waals surface area contributed by atoms with Crippen LogP contribution in [0.15, 0.2) is 82.6 Å². The average Bonchev–Trinajstić information content (AvgIpc) is 2.64. The number of rotatable bonds is 5. The van der Waals surface area contributed by atoms with Crippen LogP contribution in [-0.4, -0.2) is 10.8 Å². The molecule has 0 saturated carbocycles. The summed E-state index contributed by atoms with van der Waals surface area (Å²) in [6.07, 6.45) is 0. The van der Waals surface area contributed by atoms with Crippen molar-refractivity contribution in [1.29, 1.82) is 0 Å². The number of carbonyl (C=O) groups is 1.